The lowest BCUT2D eigenvalue weighted by Gasteiger charge is -2.21. The number of hydrogen-bond acceptors (Lipinski definition) is 4. The number of hydrogen-bond donors (Lipinski definition) is 3. The molecule has 0 atom stereocenters. The van der Waals surface area contributed by atoms with E-state index in [1.165, 1.54) is 18.5 Å². The summed E-state index contributed by atoms with van der Waals surface area (Å²) in [4.78, 5) is 3.77. The van der Waals surface area contributed by atoms with Crippen LogP contribution in [-0.2, 0) is 10.2 Å². The summed E-state index contributed by atoms with van der Waals surface area (Å²) in [6.07, 6.45) is 2.85. The largest absolute Gasteiger partial charge is 0.396 e. The van der Waals surface area contributed by atoms with E-state index in [9.17, 15) is 8.42 Å². The zero-order valence-electron chi connectivity index (χ0n) is 9.48. The molecule has 4 N–H and O–H groups in total. The number of nitrogens with two attached hydrogens (primary N) is 1. The molecule has 1 heterocycles. The molecule has 0 saturated heterocycles. The Hall–Kier alpha value is -1.34. The Morgan fingerprint density at radius 1 is 1.38 bits per heavy atom. The third kappa shape index (κ3) is 4.03. The van der Waals surface area contributed by atoms with Crippen molar-refractivity contribution < 1.29 is 8.42 Å². The molecule has 16 heavy (non-hydrogen) atoms. The van der Waals surface area contributed by atoms with Crippen molar-refractivity contribution >= 4 is 21.6 Å². The Morgan fingerprint density at radius 2 is 2.00 bits per heavy atom. The van der Waals surface area contributed by atoms with Crippen LogP contribution < -0.4 is 15.2 Å². The third-order valence-electron chi connectivity index (χ3n) is 1.54. The summed E-state index contributed by atoms with van der Waals surface area (Å²) in [5, 5.41) is 0. The third-order valence-corrected chi connectivity index (χ3v) is 2.91. The number of pyridine rings is 1. The minimum atomic E-state index is -3.62. The monoisotopic (exact) mass is 244 g/mol. The summed E-state index contributed by atoms with van der Waals surface area (Å²) in [7, 11) is -3.62. The number of nitrogens with one attached hydrogen (secondary N) is 2. The highest BCUT2D eigenvalue weighted by Crippen LogP contribution is 2.16. The summed E-state index contributed by atoms with van der Waals surface area (Å²) < 4.78 is 28.1. The molecular weight excluding hydrogens is 228 g/mol. The first-order valence-electron chi connectivity index (χ1n) is 4.71. The molecule has 90 valence electrons. The molecule has 0 unspecified atom stereocenters. The van der Waals surface area contributed by atoms with Crippen LogP contribution in [0.5, 0.6) is 0 Å². The molecule has 0 radical (unpaired) electrons. The Kier molecular flexibility index (Phi) is 3.39. The molecule has 0 aliphatic rings. The van der Waals surface area contributed by atoms with Crippen LogP contribution in [0, 0.1) is 0 Å². The van der Waals surface area contributed by atoms with Crippen molar-refractivity contribution in [2.75, 3.05) is 10.5 Å². The van der Waals surface area contributed by atoms with Gasteiger partial charge in [-0.15, -0.1) is 0 Å². The van der Waals surface area contributed by atoms with E-state index < -0.39 is 15.7 Å². The summed E-state index contributed by atoms with van der Waals surface area (Å²) in [6.45, 7) is 5.26. The van der Waals surface area contributed by atoms with Gasteiger partial charge in [0.15, 0.2) is 0 Å². The maximum Gasteiger partial charge on any atom is 0.299 e. The van der Waals surface area contributed by atoms with Crippen molar-refractivity contribution in [1.82, 2.24) is 9.71 Å². The van der Waals surface area contributed by atoms with E-state index >= 15 is 0 Å². The topological polar surface area (TPSA) is 97.1 Å². The predicted octanol–water partition coefficient (Wildman–Crippen LogP) is 0.709. The average molecular weight is 244 g/mol. The smallest absolute Gasteiger partial charge is 0.299 e. The Morgan fingerprint density at radius 3 is 2.50 bits per heavy atom. The van der Waals surface area contributed by atoms with Gasteiger partial charge in [0.1, 0.15) is 0 Å². The average Bonchev–Trinajstić information content (AvgIpc) is 2.04. The van der Waals surface area contributed by atoms with Crippen LogP contribution in [0.1, 0.15) is 20.8 Å². The van der Waals surface area contributed by atoms with Gasteiger partial charge in [0, 0.05) is 11.7 Å². The number of anilines is 2. The summed E-state index contributed by atoms with van der Waals surface area (Å²) >= 11 is 0. The highest BCUT2D eigenvalue weighted by atomic mass is 32.2. The maximum absolute atomic E-state index is 11.7. The zero-order valence-corrected chi connectivity index (χ0v) is 10.3. The highest BCUT2D eigenvalue weighted by Gasteiger charge is 2.20. The molecule has 7 heteroatoms. The molecule has 0 saturated carbocycles. The first-order chi connectivity index (χ1) is 7.20. The molecule has 0 aliphatic carbocycles. The van der Waals surface area contributed by atoms with Crippen LogP contribution in [0.4, 0.5) is 11.4 Å². The molecule has 0 amide bonds. The standard InChI is InChI=1S/C9H16N4O2S/c1-9(2,3)13-16(14,15)12-8-4-5-11-6-7(8)10/h4-6,13H,10H2,1-3H3,(H,11,12). The minimum absolute atomic E-state index is 0.279. The van der Waals surface area contributed by atoms with Crippen LogP contribution in [0.15, 0.2) is 18.5 Å². The van der Waals surface area contributed by atoms with Gasteiger partial charge < -0.3 is 5.73 Å². The number of aromatic nitrogens is 1. The van der Waals surface area contributed by atoms with Gasteiger partial charge in [0.2, 0.25) is 0 Å². The zero-order chi connectivity index (χ0) is 12.4. The minimum Gasteiger partial charge on any atom is -0.396 e. The van der Waals surface area contributed by atoms with E-state index in [-0.39, 0.29) is 5.69 Å². The second kappa shape index (κ2) is 4.26. The molecule has 0 bridgehead atoms. The quantitative estimate of drug-likeness (QED) is 0.729. The molecule has 0 fully saturated rings. The van der Waals surface area contributed by atoms with Crippen LogP contribution in [0.25, 0.3) is 0 Å². The lowest BCUT2D eigenvalue weighted by atomic mass is 10.1. The molecular formula is C9H16N4O2S. The Labute approximate surface area is 95.4 Å². The van der Waals surface area contributed by atoms with Gasteiger partial charge in [-0.1, -0.05) is 0 Å². The fraction of sp³-hybridized carbons (Fsp3) is 0.444. The lowest BCUT2D eigenvalue weighted by Crippen LogP contribution is -2.43. The first kappa shape index (κ1) is 12.7. The van der Waals surface area contributed by atoms with E-state index in [0.717, 1.165) is 0 Å². The second-order valence-corrected chi connectivity index (χ2v) is 5.84. The van der Waals surface area contributed by atoms with E-state index in [2.05, 4.69) is 14.4 Å². The van der Waals surface area contributed by atoms with Gasteiger partial charge in [-0.25, -0.2) is 0 Å². The van der Waals surface area contributed by atoms with Crippen molar-refractivity contribution in [2.45, 2.75) is 26.3 Å². The molecule has 0 aromatic carbocycles. The van der Waals surface area contributed by atoms with Crippen LogP contribution in [0.3, 0.4) is 0 Å². The predicted molar refractivity (Wildman–Crippen MR) is 64.1 cm³/mol. The molecule has 1 aromatic rings. The molecule has 1 aromatic heterocycles. The van der Waals surface area contributed by atoms with Gasteiger partial charge in [-0.3, -0.25) is 9.71 Å². The SMILES string of the molecule is CC(C)(C)NS(=O)(=O)Nc1ccncc1N. The highest BCUT2D eigenvalue weighted by molar-refractivity contribution is 7.90. The summed E-state index contributed by atoms with van der Waals surface area (Å²) in [5.41, 5.74) is 5.62. The lowest BCUT2D eigenvalue weighted by molar-refractivity contribution is 0.494. The summed E-state index contributed by atoms with van der Waals surface area (Å²) in [6, 6.07) is 1.50. The molecule has 0 aliphatic heterocycles. The van der Waals surface area contributed by atoms with E-state index in [0.29, 0.717) is 5.69 Å². The normalized spacial score (nSPS) is 12.4. The van der Waals surface area contributed by atoms with E-state index in [1.807, 2.05) is 0 Å². The second-order valence-electron chi connectivity index (χ2n) is 4.42. The fourth-order valence-electron chi connectivity index (χ4n) is 1.07. The number of rotatable bonds is 3. The first-order valence-corrected chi connectivity index (χ1v) is 6.19. The van der Waals surface area contributed by atoms with Gasteiger partial charge >= 0.3 is 0 Å². The van der Waals surface area contributed by atoms with Gasteiger partial charge in [-0.05, 0) is 26.8 Å². The van der Waals surface area contributed by atoms with Crippen molar-refractivity contribution in [2.24, 2.45) is 0 Å². The van der Waals surface area contributed by atoms with Crippen molar-refractivity contribution in [1.29, 1.82) is 0 Å². The number of nitrogen functional groups attached to an aromatic ring is 1. The van der Waals surface area contributed by atoms with Crippen LogP contribution in [0.2, 0.25) is 0 Å². The molecule has 6 nitrogen and oxygen atoms in total. The Balaban J connectivity index is 2.86. The Bertz CT molecular complexity index is 465. The van der Waals surface area contributed by atoms with Crippen molar-refractivity contribution in [3.8, 4) is 0 Å². The molecule has 1 rings (SSSR count). The summed E-state index contributed by atoms with van der Waals surface area (Å²) in [5.74, 6) is 0. The fourth-order valence-corrected chi connectivity index (χ4v) is 2.41. The van der Waals surface area contributed by atoms with Crippen LogP contribution in [-0.4, -0.2) is 18.9 Å². The number of nitrogens with zero attached hydrogens (tertiary/aromatic N) is 1. The van der Waals surface area contributed by atoms with E-state index in [4.69, 9.17) is 5.73 Å². The molecule has 0 spiro atoms. The van der Waals surface area contributed by atoms with Gasteiger partial charge in [-0.2, -0.15) is 13.1 Å². The van der Waals surface area contributed by atoms with Gasteiger partial charge in [0.05, 0.1) is 17.6 Å². The van der Waals surface area contributed by atoms with Gasteiger partial charge in [0.25, 0.3) is 10.2 Å². The van der Waals surface area contributed by atoms with Crippen LogP contribution >= 0.6 is 0 Å². The van der Waals surface area contributed by atoms with E-state index in [1.54, 1.807) is 20.8 Å². The maximum atomic E-state index is 11.7. The van der Waals surface area contributed by atoms with Crippen molar-refractivity contribution in [3.63, 3.8) is 0 Å². The van der Waals surface area contributed by atoms with Crippen molar-refractivity contribution in [3.05, 3.63) is 18.5 Å².